The van der Waals surface area contributed by atoms with Crippen LogP contribution in [0.4, 0.5) is 4.79 Å². The summed E-state index contributed by atoms with van der Waals surface area (Å²) in [4.78, 5) is 11.4. The van der Waals surface area contributed by atoms with Crippen LogP contribution >= 0.6 is 0 Å². The molecular weight excluding hydrogens is 226 g/mol. The highest BCUT2D eigenvalue weighted by Crippen LogP contribution is 2.14. The molecule has 0 bridgehead atoms. The average Bonchev–Trinajstić information content (AvgIpc) is 2.16. The van der Waals surface area contributed by atoms with Gasteiger partial charge >= 0.3 is 6.09 Å². The first-order chi connectivity index (χ1) is 7.70. The molecule has 0 fully saturated rings. The number of nitrogens with one attached hydrogen (secondary N) is 1. The number of aliphatic hydroxyl groups is 3. The van der Waals surface area contributed by atoms with Gasteiger partial charge in [-0.2, -0.15) is 0 Å². The van der Waals surface area contributed by atoms with Crippen molar-refractivity contribution in [2.75, 3.05) is 0 Å². The Kier molecular flexibility index (Phi) is 4.13. The Morgan fingerprint density at radius 2 is 1.76 bits per heavy atom. The molecule has 6 heteroatoms. The first kappa shape index (κ1) is 14.0. The average molecular weight is 245 g/mol. The molecule has 4 N–H and O–H groups in total. The topological polar surface area (TPSA) is 99.0 Å². The molecule has 1 rings (SSSR count). The predicted molar refractivity (Wildman–Crippen MR) is 60.3 cm³/mol. The van der Waals surface area contributed by atoms with E-state index < -0.39 is 36.0 Å². The minimum absolute atomic E-state index is 0.633. The number of carbonyl (C=O) groups is 1. The van der Waals surface area contributed by atoms with Crippen molar-refractivity contribution in [1.82, 2.24) is 5.32 Å². The molecule has 98 valence electrons. The second kappa shape index (κ2) is 5.03. The van der Waals surface area contributed by atoms with Crippen LogP contribution in [0.25, 0.3) is 0 Å². The molecule has 0 saturated heterocycles. The minimum atomic E-state index is -1.32. The van der Waals surface area contributed by atoms with E-state index in [9.17, 15) is 20.1 Å². The highest BCUT2D eigenvalue weighted by Gasteiger charge is 2.34. The molecule has 4 unspecified atom stereocenters. The predicted octanol–water partition coefficient (Wildman–Crippen LogP) is -0.468. The second-order valence-corrected chi connectivity index (χ2v) is 5.03. The van der Waals surface area contributed by atoms with Crippen LogP contribution in [0.1, 0.15) is 20.8 Å². The van der Waals surface area contributed by atoms with Crippen LogP contribution in [0.5, 0.6) is 0 Å². The van der Waals surface area contributed by atoms with Crippen LogP contribution in [0.2, 0.25) is 0 Å². The van der Waals surface area contributed by atoms with Gasteiger partial charge in [0.05, 0.1) is 6.04 Å². The fraction of sp³-hybridized carbons (Fsp3) is 0.727. The largest absolute Gasteiger partial charge is 0.444 e. The van der Waals surface area contributed by atoms with Gasteiger partial charge in [0.15, 0.2) is 0 Å². The lowest BCUT2D eigenvalue weighted by Crippen LogP contribution is -2.54. The van der Waals surface area contributed by atoms with Gasteiger partial charge in [-0.25, -0.2) is 4.79 Å². The third kappa shape index (κ3) is 3.99. The number of ether oxygens (including phenoxy) is 1. The van der Waals surface area contributed by atoms with Crippen LogP contribution in [0.3, 0.4) is 0 Å². The molecule has 0 aromatic rings. The van der Waals surface area contributed by atoms with Gasteiger partial charge in [-0.05, 0) is 20.8 Å². The summed E-state index contributed by atoms with van der Waals surface area (Å²) in [6, 6.07) is -0.775. The van der Waals surface area contributed by atoms with Crippen molar-refractivity contribution in [3.63, 3.8) is 0 Å². The SMILES string of the molecule is CC(C)(C)OC(=O)NC1C=CC(O)C(O)C1O. The van der Waals surface area contributed by atoms with E-state index in [0.717, 1.165) is 0 Å². The van der Waals surface area contributed by atoms with E-state index in [1.54, 1.807) is 20.8 Å². The van der Waals surface area contributed by atoms with Gasteiger partial charge in [-0.3, -0.25) is 0 Å². The Morgan fingerprint density at radius 3 is 2.29 bits per heavy atom. The number of carbonyl (C=O) groups excluding carboxylic acids is 1. The van der Waals surface area contributed by atoms with Gasteiger partial charge in [-0.1, -0.05) is 12.2 Å². The zero-order valence-corrected chi connectivity index (χ0v) is 10.1. The van der Waals surface area contributed by atoms with E-state index in [4.69, 9.17) is 4.74 Å². The zero-order chi connectivity index (χ0) is 13.2. The zero-order valence-electron chi connectivity index (χ0n) is 10.1. The third-order valence-corrected chi connectivity index (χ3v) is 2.27. The van der Waals surface area contributed by atoms with E-state index in [2.05, 4.69) is 5.32 Å². The highest BCUT2D eigenvalue weighted by atomic mass is 16.6. The third-order valence-electron chi connectivity index (χ3n) is 2.27. The molecule has 0 aromatic heterocycles. The van der Waals surface area contributed by atoms with Crippen molar-refractivity contribution in [3.05, 3.63) is 12.2 Å². The van der Waals surface area contributed by atoms with Crippen molar-refractivity contribution in [2.24, 2.45) is 0 Å². The molecule has 0 heterocycles. The number of hydrogen-bond donors (Lipinski definition) is 4. The normalized spacial score (nSPS) is 33.3. The van der Waals surface area contributed by atoms with Crippen LogP contribution in [0, 0.1) is 0 Å². The summed E-state index contributed by atoms with van der Waals surface area (Å²) < 4.78 is 5.01. The quantitative estimate of drug-likeness (QED) is 0.468. The Balaban J connectivity index is 2.58. The van der Waals surface area contributed by atoms with Gasteiger partial charge in [0, 0.05) is 0 Å². The Labute approximate surface area is 99.9 Å². The summed E-state index contributed by atoms with van der Waals surface area (Å²) in [7, 11) is 0. The van der Waals surface area contributed by atoms with Crippen LogP contribution in [-0.4, -0.2) is 51.4 Å². The van der Waals surface area contributed by atoms with Crippen molar-refractivity contribution in [1.29, 1.82) is 0 Å². The van der Waals surface area contributed by atoms with Gasteiger partial charge in [-0.15, -0.1) is 0 Å². The molecule has 0 aromatic carbocycles. The number of aliphatic hydroxyl groups excluding tert-OH is 3. The second-order valence-electron chi connectivity index (χ2n) is 5.03. The Morgan fingerprint density at radius 1 is 1.18 bits per heavy atom. The van der Waals surface area contributed by atoms with Crippen molar-refractivity contribution >= 4 is 6.09 Å². The fourth-order valence-electron chi connectivity index (χ4n) is 1.45. The van der Waals surface area contributed by atoms with Crippen LogP contribution in [-0.2, 0) is 4.74 Å². The first-order valence-electron chi connectivity index (χ1n) is 5.43. The summed E-state index contributed by atoms with van der Waals surface area (Å²) in [5, 5.41) is 30.7. The lowest BCUT2D eigenvalue weighted by molar-refractivity contribution is -0.0572. The maximum atomic E-state index is 11.4. The van der Waals surface area contributed by atoms with E-state index in [1.807, 2.05) is 0 Å². The van der Waals surface area contributed by atoms with Gasteiger partial charge in [0.25, 0.3) is 0 Å². The maximum Gasteiger partial charge on any atom is 0.408 e. The van der Waals surface area contributed by atoms with Gasteiger partial charge in [0.1, 0.15) is 23.9 Å². The summed E-state index contributed by atoms with van der Waals surface area (Å²) in [5.74, 6) is 0. The molecule has 1 aliphatic rings. The highest BCUT2D eigenvalue weighted by molar-refractivity contribution is 5.68. The monoisotopic (exact) mass is 245 g/mol. The lowest BCUT2D eigenvalue weighted by atomic mass is 9.94. The molecule has 6 nitrogen and oxygen atoms in total. The summed E-state index contributed by atoms with van der Waals surface area (Å²) in [6.07, 6.45) is -1.65. The molecule has 0 aliphatic heterocycles. The van der Waals surface area contributed by atoms with Crippen molar-refractivity contribution < 1.29 is 24.9 Å². The van der Waals surface area contributed by atoms with Gasteiger partial charge < -0.3 is 25.4 Å². The van der Waals surface area contributed by atoms with E-state index >= 15 is 0 Å². The summed E-state index contributed by atoms with van der Waals surface area (Å²) >= 11 is 0. The van der Waals surface area contributed by atoms with Crippen molar-refractivity contribution in [3.8, 4) is 0 Å². The smallest absolute Gasteiger partial charge is 0.408 e. The summed E-state index contributed by atoms with van der Waals surface area (Å²) in [6.45, 7) is 5.16. The number of hydrogen-bond acceptors (Lipinski definition) is 5. The van der Waals surface area contributed by atoms with E-state index in [-0.39, 0.29) is 0 Å². The van der Waals surface area contributed by atoms with Gasteiger partial charge in [0.2, 0.25) is 0 Å². The van der Waals surface area contributed by atoms with E-state index in [0.29, 0.717) is 0 Å². The lowest BCUT2D eigenvalue weighted by Gasteiger charge is -2.31. The van der Waals surface area contributed by atoms with E-state index in [1.165, 1.54) is 12.2 Å². The first-order valence-corrected chi connectivity index (χ1v) is 5.43. The van der Waals surface area contributed by atoms with Crippen molar-refractivity contribution in [2.45, 2.75) is 50.7 Å². The molecule has 17 heavy (non-hydrogen) atoms. The molecule has 0 spiro atoms. The molecule has 4 atom stereocenters. The fourth-order valence-corrected chi connectivity index (χ4v) is 1.45. The Hall–Kier alpha value is -1.11. The molecule has 1 amide bonds. The number of rotatable bonds is 1. The number of amides is 1. The molecule has 0 saturated carbocycles. The Bertz CT molecular complexity index is 309. The number of alkyl carbamates (subject to hydrolysis) is 1. The maximum absolute atomic E-state index is 11.4. The van der Waals surface area contributed by atoms with Crippen LogP contribution in [0.15, 0.2) is 12.2 Å². The molecule has 0 radical (unpaired) electrons. The minimum Gasteiger partial charge on any atom is -0.444 e. The molecule has 1 aliphatic carbocycles. The standard InChI is InChI=1S/C11H19NO5/c1-11(2,3)17-10(16)12-6-4-5-7(13)9(15)8(6)14/h4-9,13-15H,1-3H3,(H,12,16). The molecular formula is C11H19NO5. The summed E-state index contributed by atoms with van der Waals surface area (Å²) in [5.41, 5.74) is -0.633. The van der Waals surface area contributed by atoms with Crippen LogP contribution < -0.4 is 5.32 Å².